The Kier molecular flexibility index (Phi) is 8.45. The highest BCUT2D eigenvalue weighted by Gasteiger charge is 2.08. The summed E-state index contributed by atoms with van der Waals surface area (Å²) in [5.41, 5.74) is 0. The topological polar surface area (TPSA) is 109 Å². The molecule has 0 aromatic rings. The number of ether oxygens (including phenoxy) is 1. The Morgan fingerprint density at radius 2 is 1.86 bits per heavy atom. The number of nitrogens with zero attached hydrogens (tertiary/aromatic N) is 2. The highest BCUT2D eigenvalue weighted by atomic mass is 16.7. The second-order valence-corrected chi connectivity index (χ2v) is 4.66. The van der Waals surface area contributed by atoms with E-state index in [1.165, 1.54) is 32.4 Å². The fourth-order valence-corrected chi connectivity index (χ4v) is 1.85. The van der Waals surface area contributed by atoms with Crippen LogP contribution in [0.3, 0.4) is 0 Å². The number of hydrogen-bond donors (Lipinski definition) is 2. The first-order valence-corrected chi connectivity index (χ1v) is 7.05. The second kappa shape index (κ2) is 10.5. The van der Waals surface area contributed by atoms with Crippen LogP contribution in [0, 0.1) is 11.8 Å². The molecule has 2 rings (SSSR count). The fourth-order valence-electron chi connectivity index (χ4n) is 1.85. The number of hydrogen-bond acceptors (Lipinski definition) is 6. The van der Waals surface area contributed by atoms with Gasteiger partial charge < -0.3 is 19.8 Å². The van der Waals surface area contributed by atoms with Crippen molar-refractivity contribution in [2.24, 2.45) is 5.16 Å². The normalized spacial score (nSPS) is 17.0. The van der Waals surface area contributed by atoms with Gasteiger partial charge in [-0.3, -0.25) is 4.90 Å². The minimum atomic E-state index is -1.82. The van der Waals surface area contributed by atoms with Crippen LogP contribution in [0.2, 0.25) is 0 Å². The molecule has 1 fully saturated rings. The Morgan fingerprint density at radius 3 is 2.41 bits per heavy atom. The molecule has 0 saturated carbocycles. The first-order chi connectivity index (χ1) is 10.6. The Morgan fingerprint density at radius 1 is 1.18 bits per heavy atom. The summed E-state index contributed by atoms with van der Waals surface area (Å²) < 4.78 is 5.33. The molecule has 0 atom stereocenters. The molecule has 1 saturated heterocycles. The predicted molar refractivity (Wildman–Crippen MR) is 77.3 cm³/mol. The molecule has 22 heavy (non-hydrogen) atoms. The van der Waals surface area contributed by atoms with E-state index in [1.54, 1.807) is 0 Å². The third kappa shape index (κ3) is 8.11. The summed E-state index contributed by atoms with van der Waals surface area (Å²) in [6.45, 7) is 4.31. The van der Waals surface area contributed by atoms with Crippen LogP contribution in [-0.2, 0) is 19.2 Å². The number of carbonyl (C=O) groups is 2. The summed E-state index contributed by atoms with van der Waals surface area (Å²) in [5.74, 6) is 3.17. The van der Waals surface area contributed by atoms with Gasteiger partial charge in [0.05, 0.1) is 13.0 Å². The second-order valence-electron chi connectivity index (χ2n) is 4.66. The highest BCUT2D eigenvalue weighted by Crippen LogP contribution is 2.07. The maximum Gasteiger partial charge on any atom is 0.414 e. The van der Waals surface area contributed by atoms with Gasteiger partial charge in [-0.15, -0.1) is 0 Å². The van der Waals surface area contributed by atoms with Gasteiger partial charge in [0.25, 0.3) is 0 Å². The lowest BCUT2D eigenvalue weighted by atomic mass is 10.1. The molecule has 0 unspecified atom stereocenters. The van der Waals surface area contributed by atoms with E-state index in [0.29, 0.717) is 19.1 Å². The van der Waals surface area contributed by atoms with E-state index in [0.717, 1.165) is 13.0 Å². The van der Waals surface area contributed by atoms with Crippen LogP contribution in [0.4, 0.5) is 0 Å². The number of carboxylic acids is 2. The third-order valence-electron chi connectivity index (χ3n) is 2.94. The fraction of sp³-hybridized carbons (Fsp3) is 0.643. The zero-order chi connectivity index (χ0) is 16.2. The average molecular weight is 312 g/mol. The molecule has 0 aliphatic carbocycles. The van der Waals surface area contributed by atoms with E-state index in [4.69, 9.17) is 29.4 Å². The van der Waals surface area contributed by atoms with Crippen molar-refractivity contribution in [1.29, 1.82) is 0 Å². The van der Waals surface area contributed by atoms with Gasteiger partial charge in [-0.2, -0.15) is 0 Å². The molecule has 0 amide bonds. The van der Waals surface area contributed by atoms with E-state index in [9.17, 15) is 0 Å². The maximum absolute atomic E-state index is 9.10. The van der Waals surface area contributed by atoms with Crippen molar-refractivity contribution in [2.75, 3.05) is 32.8 Å². The minimum Gasteiger partial charge on any atom is -0.473 e. The number of piperidine rings is 1. The lowest BCUT2D eigenvalue weighted by Gasteiger charge is -2.23. The van der Waals surface area contributed by atoms with E-state index in [1.807, 2.05) is 0 Å². The van der Waals surface area contributed by atoms with Crippen LogP contribution >= 0.6 is 0 Å². The zero-order valence-electron chi connectivity index (χ0n) is 12.3. The molecular weight excluding hydrogens is 292 g/mol. The van der Waals surface area contributed by atoms with Gasteiger partial charge >= 0.3 is 11.9 Å². The van der Waals surface area contributed by atoms with Gasteiger partial charge in [0, 0.05) is 0 Å². The Labute approximate surface area is 128 Å². The molecule has 0 spiro atoms. The number of carboxylic acid groups (broad SMARTS) is 2. The quantitative estimate of drug-likeness (QED) is 0.560. The molecule has 0 radical (unpaired) electrons. The van der Waals surface area contributed by atoms with Gasteiger partial charge in [-0.1, -0.05) is 23.4 Å². The zero-order valence-corrected chi connectivity index (χ0v) is 12.3. The monoisotopic (exact) mass is 312 g/mol. The van der Waals surface area contributed by atoms with Gasteiger partial charge in [0.2, 0.25) is 5.90 Å². The van der Waals surface area contributed by atoms with E-state index >= 15 is 0 Å². The minimum absolute atomic E-state index is 0.427. The molecule has 0 aromatic carbocycles. The number of aliphatic carboxylic acids is 2. The van der Waals surface area contributed by atoms with Gasteiger partial charge in [-0.05, 0) is 25.9 Å². The lowest BCUT2D eigenvalue weighted by Crippen LogP contribution is -2.29. The van der Waals surface area contributed by atoms with Gasteiger partial charge in [0.15, 0.2) is 6.61 Å². The molecule has 2 aliphatic heterocycles. The SMILES string of the molecule is C(#CCN1CCCCC1)COC1=NOCC1.O=C(O)C(=O)O. The summed E-state index contributed by atoms with van der Waals surface area (Å²) in [6, 6.07) is 0. The van der Waals surface area contributed by atoms with Crippen LogP contribution < -0.4 is 0 Å². The Bertz CT molecular complexity index is 448. The van der Waals surface area contributed by atoms with E-state index < -0.39 is 11.9 Å². The highest BCUT2D eigenvalue weighted by molar-refractivity contribution is 6.27. The van der Waals surface area contributed by atoms with E-state index in [-0.39, 0.29) is 0 Å². The van der Waals surface area contributed by atoms with Crippen LogP contribution in [0.1, 0.15) is 25.7 Å². The third-order valence-corrected chi connectivity index (χ3v) is 2.94. The maximum atomic E-state index is 9.10. The number of rotatable bonds is 2. The van der Waals surface area contributed by atoms with Gasteiger partial charge in [-0.25, -0.2) is 9.59 Å². The van der Waals surface area contributed by atoms with Crippen molar-refractivity contribution in [3.8, 4) is 11.8 Å². The molecular formula is C14H20N2O6. The summed E-state index contributed by atoms with van der Waals surface area (Å²) >= 11 is 0. The first-order valence-electron chi connectivity index (χ1n) is 7.05. The lowest BCUT2D eigenvalue weighted by molar-refractivity contribution is -0.159. The summed E-state index contributed by atoms with van der Waals surface area (Å²) in [6.07, 6.45) is 4.76. The van der Waals surface area contributed by atoms with Crippen molar-refractivity contribution < 1.29 is 29.4 Å². The van der Waals surface area contributed by atoms with E-state index in [2.05, 4.69) is 21.9 Å². The number of oxime groups is 1. The molecule has 122 valence electrons. The van der Waals surface area contributed by atoms with Crippen LogP contribution in [-0.4, -0.2) is 65.8 Å². The van der Waals surface area contributed by atoms with Crippen molar-refractivity contribution in [3.63, 3.8) is 0 Å². The van der Waals surface area contributed by atoms with Crippen LogP contribution in [0.5, 0.6) is 0 Å². The summed E-state index contributed by atoms with van der Waals surface area (Å²) in [7, 11) is 0. The largest absolute Gasteiger partial charge is 0.473 e. The first kappa shape index (κ1) is 17.8. The average Bonchev–Trinajstić information content (AvgIpc) is 3.02. The predicted octanol–water partition coefficient (Wildman–Crippen LogP) is 0.382. The molecule has 0 aromatic heterocycles. The van der Waals surface area contributed by atoms with Crippen molar-refractivity contribution in [3.05, 3.63) is 0 Å². The van der Waals surface area contributed by atoms with Crippen molar-refractivity contribution in [2.45, 2.75) is 25.7 Å². The smallest absolute Gasteiger partial charge is 0.414 e. The molecule has 2 aliphatic rings. The van der Waals surface area contributed by atoms with Crippen molar-refractivity contribution in [1.82, 2.24) is 4.90 Å². The summed E-state index contributed by atoms with van der Waals surface area (Å²) in [4.78, 5) is 25.4. The number of likely N-dealkylation sites (tertiary alicyclic amines) is 1. The Hall–Kier alpha value is -2.27. The van der Waals surface area contributed by atoms with Gasteiger partial charge in [0.1, 0.15) is 6.61 Å². The van der Waals surface area contributed by atoms with Crippen LogP contribution in [0.15, 0.2) is 5.16 Å². The molecule has 0 bridgehead atoms. The molecule has 8 nitrogen and oxygen atoms in total. The van der Waals surface area contributed by atoms with Crippen molar-refractivity contribution >= 4 is 17.8 Å². The standard InChI is InChI=1S/C12H18N2O2.C2H2O4/c1-2-7-14(8-3-1)9-4-5-10-15-12-6-11-16-13-12;3-1(4)2(5)6/h1-3,6-11H2;(H,3,4)(H,5,6). The van der Waals surface area contributed by atoms with Crippen LogP contribution in [0.25, 0.3) is 0 Å². The molecule has 2 heterocycles. The molecule has 2 N–H and O–H groups in total. The Balaban J connectivity index is 0.000000346. The molecule has 8 heteroatoms. The summed E-state index contributed by atoms with van der Waals surface area (Å²) in [5, 5.41) is 18.5.